The number of hydrogen-bond acceptors (Lipinski definition) is 4. The molecule has 4 nitrogen and oxygen atoms in total. The van der Waals surface area contributed by atoms with Crippen molar-refractivity contribution >= 4 is 15.5 Å². The first-order valence-corrected chi connectivity index (χ1v) is 8.42. The van der Waals surface area contributed by atoms with Crippen LogP contribution in [0, 0.1) is 5.41 Å². The minimum atomic E-state index is -4.62. The van der Waals surface area contributed by atoms with Crippen LogP contribution in [0.3, 0.4) is 0 Å². The van der Waals surface area contributed by atoms with Gasteiger partial charge in [-0.2, -0.15) is 8.78 Å². The molecule has 1 fully saturated rings. The van der Waals surface area contributed by atoms with Crippen molar-refractivity contribution in [2.75, 3.05) is 18.5 Å². The van der Waals surface area contributed by atoms with E-state index in [1.54, 1.807) is 6.07 Å². The highest BCUT2D eigenvalue weighted by atomic mass is 32.2. The molecule has 1 saturated carbocycles. The number of halogens is 2. The summed E-state index contributed by atoms with van der Waals surface area (Å²) in [6.07, 6.45) is 3.59. The average molecular weight is 319 g/mol. The Bertz CT molecular complexity index is 586. The van der Waals surface area contributed by atoms with Gasteiger partial charge in [-0.05, 0) is 36.8 Å². The van der Waals surface area contributed by atoms with Crippen molar-refractivity contribution in [2.45, 2.75) is 36.3 Å². The van der Waals surface area contributed by atoms with E-state index in [4.69, 9.17) is 5.11 Å². The third-order valence-electron chi connectivity index (χ3n) is 4.14. The van der Waals surface area contributed by atoms with Gasteiger partial charge in [-0.1, -0.05) is 18.6 Å². The fourth-order valence-corrected chi connectivity index (χ4v) is 3.58. The van der Waals surface area contributed by atoms with E-state index < -0.39 is 15.6 Å². The SMILES string of the molecule is O=S(=O)(c1ccccc1NCC1(CCO)CCC1)C(F)F. The number of anilines is 1. The summed E-state index contributed by atoms with van der Waals surface area (Å²) < 4.78 is 48.7. The summed E-state index contributed by atoms with van der Waals surface area (Å²) in [5.74, 6) is -3.43. The van der Waals surface area contributed by atoms with E-state index in [0.29, 0.717) is 13.0 Å². The quantitative estimate of drug-likeness (QED) is 0.811. The number of alkyl halides is 2. The summed E-state index contributed by atoms with van der Waals surface area (Å²) in [6, 6.07) is 5.70. The number of aliphatic hydroxyl groups is 1. The molecule has 2 N–H and O–H groups in total. The molecule has 0 spiro atoms. The smallest absolute Gasteiger partial charge is 0.341 e. The molecule has 0 aromatic heterocycles. The Kier molecular flexibility index (Phi) is 4.83. The molecule has 1 aromatic carbocycles. The average Bonchev–Trinajstić information content (AvgIpc) is 2.41. The van der Waals surface area contributed by atoms with Gasteiger partial charge in [0.05, 0.1) is 10.6 Å². The highest BCUT2D eigenvalue weighted by Crippen LogP contribution is 2.44. The first-order chi connectivity index (χ1) is 9.91. The van der Waals surface area contributed by atoms with E-state index in [0.717, 1.165) is 19.3 Å². The van der Waals surface area contributed by atoms with Crippen LogP contribution >= 0.6 is 0 Å². The van der Waals surface area contributed by atoms with Gasteiger partial charge < -0.3 is 10.4 Å². The predicted molar refractivity (Wildman–Crippen MR) is 76.1 cm³/mol. The lowest BCUT2D eigenvalue weighted by molar-refractivity contribution is 0.102. The lowest BCUT2D eigenvalue weighted by Gasteiger charge is -2.42. The molecule has 0 bridgehead atoms. The van der Waals surface area contributed by atoms with Crippen LogP contribution in [-0.2, 0) is 9.84 Å². The van der Waals surface area contributed by atoms with Crippen LogP contribution in [-0.4, -0.2) is 32.4 Å². The summed E-state index contributed by atoms with van der Waals surface area (Å²) >= 11 is 0. The van der Waals surface area contributed by atoms with Crippen LogP contribution in [0.25, 0.3) is 0 Å². The van der Waals surface area contributed by atoms with Gasteiger partial charge in [-0.3, -0.25) is 0 Å². The second kappa shape index (κ2) is 6.27. The molecule has 118 valence electrons. The van der Waals surface area contributed by atoms with Gasteiger partial charge >= 0.3 is 5.76 Å². The Hall–Kier alpha value is -1.21. The van der Waals surface area contributed by atoms with E-state index in [-0.39, 0.29) is 22.6 Å². The lowest BCUT2D eigenvalue weighted by Crippen LogP contribution is -2.37. The maximum absolute atomic E-state index is 12.7. The normalized spacial score (nSPS) is 17.5. The molecular weight excluding hydrogens is 300 g/mol. The van der Waals surface area contributed by atoms with Crippen molar-refractivity contribution in [1.29, 1.82) is 0 Å². The third-order valence-corrected chi connectivity index (χ3v) is 5.58. The Morgan fingerprint density at radius 3 is 2.48 bits per heavy atom. The number of sulfone groups is 1. The standard InChI is InChI=1S/C14H19F2NO3S/c15-13(16)21(19,20)12-5-2-1-4-11(12)17-10-14(8-9-18)6-3-7-14/h1-2,4-5,13,17-18H,3,6-10H2. The maximum atomic E-state index is 12.7. The number of nitrogens with one attached hydrogen (secondary N) is 1. The van der Waals surface area contributed by atoms with Gasteiger partial charge in [-0.25, -0.2) is 8.42 Å². The molecular formula is C14H19F2NO3S. The van der Waals surface area contributed by atoms with Gasteiger partial charge in [0.25, 0.3) is 0 Å². The second-order valence-corrected chi connectivity index (χ2v) is 7.37. The van der Waals surface area contributed by atoms with Crippen LogP contribution in [0.5, 0.6) is 0 Å². The van der Waals surface area contributed by atoms with Crippen molar-refractivity contribution < 1.29 is 22.3 Å². The molecule has 21 heavy (non-hydrogen) atoms. The molecule has 0 aliphatic heterocycles. The molecule has 0 unspecified atom stereocenters. The van der Waals surface area contributed by atoms with E-state index in [1.807, 2.05) is 0 Å². The fourth-order valence-electron chi connectivity index (χ4n) is 2.67. The predicted octanol–water partition coefficient (Wildman–Crippen LogP) is 2.65. The van der Waals surface area contributed by atoms with Crippen LogP contribution in [0.1, 0.15) is 25.7 Å². The Labute approximate surface area is 123 Å². The van der Waals surface area contributed by atoms with Crippen LogP contribution in [0.15, 0.2) is 29.2 Å². The van der Waals surface area contributed by atoms with Gasteiger partial charge in [0, 0.05) is 13.2 Å². The zero-order valence-electron chi connectivity index (χ0n) is 11.6. The number of benzene rings is 1. The molecule has 0 atom stereocenters. The molecule has 0 heterocycles. The summed E-state index contributed by atoms with van der Waals surface area (Å²) in [5, 5.41) is 12.1. The fraction of sp³-hybridized carbons (Fsp3) is 0.571. The summed E-state index contributed by atoms with van der Waals surface area (Å²) in [7, 11) is -4.62. The van der Waals surface area contributed by atoms with Crippen LogP contribution in [0.4, 0.5) is 14.5 Å². The molecule has 1 aliphatic carbocycles. The number of para-hydroxylation sites is 1. The van der Waals surface area contributed by atoms with Crippen LogP contribution in [0.2, 0.25) is 0 Å². The van der Waals surface area contributed by atoms with Crippen molar-refractivity contribution in [1.82, 2.24) is 0 Å². The Balaban J connectivity index is 2.18. The number of aliphatic hydroxyl groups excluding tert-OH is 1. The summed E-state index contributed by atoms with van der Waals surface area (Å²) in [5.41, 5.74) is 0.137. The number of rotatable bonds is 7. The van der Waals surface area contributed by atoms with E-state index in [9.17, 15) is 17.2 Å². The van der Waals surface area contributed by atoms with Crippen molar-refractivity contribution in [3.63, 3.8) is 0 Å². The largest absolute Gasteiger partial charge is 0.396 e. The molecule has 2 rings (SSSR count). The van der Waals surface area contributed by atoms with Gasteiger partial charge in [0.1, 0.15) is 0 Å². The molecule has 1 aromatic rings. The zero-order valence-corrected chi connectivity index (χ0v) is 12.4. The summed E-state index contributed by atoms with van der Waals surface area (Å²) in [4.78, 5) is -0.376. The molecule has 1 aliphatic rings. The Morgan fingerprint density at radius 1 is 1.29 bits per heavy atom. The Morgan fingerprint density at radius 2 is 1.95 bits per heavy atom. The van der Waals surface area contributed by atoms with Crippen molar-refractivity contribution in [2.24, 2.45) is 5.41 Å². The molecule has 0 radical (unpaired) electrons. The topological polar surface area (TPSA) is 66.4 Å². The van der Waals surface area contributed by atoms with E-state index in [2.05, 4.69) is 5.32 Å². The summed E-state index contributed by atoms with van der Waals surface area (Å²) in [6.45, 7) is 0.544. The van der Waals surface area contributed by atoms with Crippen molar-refractivity contribution in [3.05, 3.63) is 24.3 Å². The highest BCUT2D eigenvalue weighted by molar-refractivity contribution is 7.91. The zero-order chi connectivity index (χ0) is 15.5. The van der Waals surface area contributed by atoms with Gasteiger partial charge in [-0.15, -0.1) is 0 Å². The van der Waals surface area contributed by atoms with Crippen molar-refractivity contribution in [3.8, 4) is 0 Å². The number of hydrogen-bond donors (Lipinski definition) is 2. The maximum Gasteiger partial charge on any atom is 0.341 e. The van der Waals surface area contributed by atoms with Crippen LogP contribution < -0.4 is 5.32 Å². The lowest BCUT2D eigenvalue weighted by atomic mass is 9.67. The van der Waals surface area contributed by atoms with Gasteiger partial charge in [0.15, 0.2) is 0 Å². The molecule has 0 saturated heterocycles. The minimum Gasteiger partial charge on any atom is -0.396 e. The van der Waals surface area contributed by atoms with E-state index in [1.165, 1.54) is 18.2 Å². The first kappa shape index (κ1) is 16.2. The second-order valence-electron chi connectivity index (χ2n) is 5.48. The monoisotopic (exact) mass is 319 g/mol. The van der Waals surface area contributed by atoms with Gasteiger partial charge in [0.2, 0.25) is 9.84 Å². The molecule has 7 heteroatoms. The highest BCUT2D eigenvalue weighted by Gasteiger charge is 2.36. The minimum absolute atomic E-state index is 0.0591. The first-order valence-electron chi connectivity index (χ1n) is 6.87. The third kappa shape index (κ3) is 3.35. The van der Waals surface area contributed by atoms with E-state index >= 15 is 0 Å². The molecule has 0 amide bonds.